The van der Waals surface area contributed by atoms with Crippen LogP contribution in [0.4, 0.5) is 5.69 Å². The van der Waals surface area contributed by atoms with Gasteiger partial charge in [0.25, 0.3) is 0 Å². The third-order valence-electron chi connectivity index (χ3n) is 2.13. The standard InChI is InChI=1S/C10H13BrN2O4S/c11-9-6-7(2-3-8(9)10(14)15)13-4-1-5-18(12,16)17/h2-3,6,13H,1,4-5H2,(H,14,15)(H2,12,16,17). The van der Waals surface area contributed by atoms with E-state index in [9.17, 15) is 13.2 Å². The van der Waals surface area contributed by atoms with Gasteiger partial charge in [0.2, 0.25) is 10.0 Å². The Bertz CT molecular complexity index is 545. The van der Waals surface area contributed by atoms with Crippen LogP contribution in [0.3, 0.4) is 0 Å². The van der Waals surface area contributed by atoms with Crippen LogP contribution in [0.15, 0.2) is 22.7 Å². The summed E-state index contributed by atoms with van der Waals surface area (Å²) < 4.78 is 21.9. The van der Waals surface area contributed by atoms with Gasteiger partial charge in [0.15, 0.2) is 0 Å². The number of carbonyl (C=O) groups is 1. The van der Waals surface area contributed by atoms with Crippen molar-refractivity contribution in [3.63, 3.8) is 0 Å². The Kier molecular flexibility index (Phi) is 5.12. The van der Waals surface area contributed by atoms with E-state index in [1.165, 1.54) is 6.07 Å². The zero-order valence-electron chi connectivity index (χ0n) is 9.39. The summed E-state index contributed by atoms with van der Waals surface area (Å²) in [5, 5.41) is 16.7. The van der Waals surface area contributed by atoms with Gasteiger partial charge in [-0.3, -0.25) is 0 Å². The van der Waals surface area contributed by atoms with Gasteiger partial charge in [-0.15, -0.1) is 0 Å². The molecule has 1 aromatic carbocycles. The van der Waals surface area contributed by atoms with Crippen LogP contribution in [0.25, 0.3) is 0 Å². The maximum Gasteiger partial charge on any atom is 0.336 e. The average Bonchev–Trinajstić information content (AvgIpc) is 2.22. The predicted molar refractivity (Wildman–Crippen MR) is 72.2 cm³/mol. The highest BCUT2D eigenvalue weighted by Gasteiger charge is 2.08. The molecular weight excluding hydrogens is 324 g/mol. The molecule has 0 fully saturated rings. The average molecular weight is 337 g/mol. The molecule has 0 amide bonds. The highest BCUT2D eigenvalue weighted by atomic mass is 79.9. The molecule has 1 aromatic rings. The predicted octanol–water partition coefficient (Wildman–Crippen LogP) is 1.24. The van der Waals surface area contributed by atoms with Crippen LogP contribution < -0.4 is 10.5 Å². The molecule has 100 valence electrons. The van der Waals surface area contributed by atoms with Crippen LogP contribution in [0.2, 0.25) is 0 Å². The number of nitrogens with two attached hydrogens (primary N) is 1. The van der Waals surface area contributed by atoms with Gasteiger partial charge in [0, 0.05) is 16.7 Å². The Morgan fingerprint density at radius 2 is 2.11 bits per heavy atom. The lowest BCUT2D eigenvalue weighted by molar-refractivity contribution is 0.0696. The normalized spacial score (nSPS) is 11.2. The number of anilines is 1. The van der Waals surface area contributed by atoms with Gasteiger partial charge in [-0.25, -0.2) is 18.4 Å². The lowest BCUT2D eigenvalue weighted by atomic mass is 10.2. The number of benzene rings is 1. The Labute approximate surface area is 113 Å². The van der Waals surface area contributed by atoms with Crippen molar-refractivity contribution in [2.45, 2.75) is 6.42 Å². The number of nitrogens with one attached hydrogen (secondary N) is 1. The molecule has 0 saturated carbocycles. The van der Waals surface area contributed by atoms with Crippen LogP contribution in [-0.2, 0) is 10.0 Å². The maximum atomic E-state index is 10.8. The first-order valence-electron chi connectivity index (χ1n) is 5.07. The van der Waals surface area contributed by atoms with Crippen molar-refractivity contribution >= 4 is 37.6 Å². The first-order valence-corrected chi connectivity index (χ1v) is 7.57. The molecule has 6 nitrogen and oxygen atoms in total. The third kappa shape index (κ3) is 5.03. The fraction of sp³-hybridized carbons (Fsp3) is 0.300. The van der Waals surface area contributed by atoms with Crippen LogP contribution in [0, 0.1) is 0 Å². The van der Waals surface area contributed by atoms with E-state index in [0.29, 0.717) is 23.1 Å². The molecule has 8 heteroatoms. The summed E-state index contributed by atoms with van der Waals surface area (Å²) in [4.78, 5) is 10.8. The minimum atomic E-state index is -3.43. The molecule has 0 spiro atoms. The second-order valence-electron chi connectivity index (χ2n) is 3.65. The first-order chi connectivity index (χ1) is 8.29. The van der Waals surface area contributed by atoms with Gasteiger partial charge in [0.1, 0.15) is 0 Å². The number of hydrogen-bond donors (Lipinski definition) is 3. The maximum absolute atomic E-state index is 10.8. The highest BCUT2D eigenvalue weighted by Crippen LogP contribution is 2.21. The fourth-order valence-electron chi connectivity index (χ4n) is 1.30. The van der Waals surface area contributed by atoms with E-state index >= 15 is 0 Å². The molecule has 0 saturated heterocycles. The first kappa shape index (κ1) is 14.9. The van der Waals surface area contributed by atoms with E-state index in [0.717, 1.165) is 0 Å². The second-order valence-corrected chi connectivity index (χ2v) is 6.24. The number of aromatic carboxylic acids is 1. The van der Waals surface area contributed by atoms with Crippen LogP contribution in [-0.4, -0.2) is 31.8 Å². The number of primary sulfonamides is 1. The van der Waals surface area contributed by atoms with Crippen molar-refractivity contribution in [3.05, 3.63) is 28.2 Å². The smallest absolute Gasteiger partial charge is 0.336 e. The molecule has 0 aliphatic heterocycles. The summed E-state index contributed by atoms with van der Waals surface area (Å²) in [6, 6.07) is 4.71. The summed E-state index contributed by atoms with van der Waals surface area (Å²) in [5.74, 6) is -1.10. The monoisotopic (exact) mass is 336 g/mol. The van der Waals surface area contributed by atoms with Crippen molar-refractivity contribution in [2.75, 3.05) is 17.6 Å². The van der Waals surface area contributed by atoms with Gasteiger partial charge in [-0.1, -0.05) is 0 Å². The van der Waals surface area contributed by atoms with Gasteiger partial charge in [0.05, 0.1) is 11.3 Å². The van der Waals surface area contributed by atoms with Crippen molar-refractivity contribution in [2.24, 2.45) is 5.14 Å². The van der Waals surface area contributed by atoms with Crippen LogP contribution in [0.5, 0.6) is 0 Å². The van der Waals surface area contributed by atoms with Crippen molar-refractivity contribution in [3.8, 4) is 0 Å². The minimum absolute atomic E-state index is 0.0889. The minimum Gasteiger partial charge on any atom is -0.478 e. The largest absolute Gasteiger partial charge is 0.478 e. The fourth-order valence-corrected chi connectivity index (χ4v) is 2.40. The molecule has 0 atom stereocenters. The Morgan fingerprint density at radius 1 is 1.44 bits per heavy atom. The van der Waals surface area contributed by atoms with Crippen molar-refractivity contribution < 1.29 is 18.3 Å². The zero-order valence-corrected chi connectivity index (χ0v) is 11.8. The van der Waals surface area contributed by atoms with Gasteiger partial charge in [-0.05, 0) is 40.5 Å². The molecule has 0 aliphatic carbocycles. The van der Waals surface area contributed by atoms with Gasteiger partial charge >= 0.3 is 5.97 Å². The summed E-state index contributed by atoms with van der Waals surface area (Å²) in [5.41, 5.74) is 0.881. The van der Waals surface area contributed by atoms with Gasteiger partial charge in [-0.2, -0.15) is 0 Å². The van der Waals surface area contributed by atoms with E-state index < -0.39 is 16.0 Å². The SMILES string of the molecule is NS(=O)(=O)CCCNc1ccc(C(=O)O)c(Br)c1. The molecule has 0 bridgehead atoms. The van der Waals surface area contributed by atoms with E-state index in [2.05, 4.69) is 21.2 Å². The number of sulfonamides is 1. The second kappa shape index (κ2) is 6.17. The lowest BCUT2D eigenvalue weighted by Gasteiger charge is -2.07. The van der Waals surface area contributed by atoms with E-state index in [-0.39, 0.29) is 11.3 Å². The molecule has 0 aromatic heterocycles. The molecule has 0 radical (unpaired) electrons. The van der Waals surface area contributed by atoms with E-state index in [4.69, 9.17) is 10.2 Å². The number of hydrogen-bond acceptors (Lipinski definition) is 4. The highest BCUT2D eigenvalue weighted by molar-refractivity contribution is 9.10. The van der Waals surface area contributed by atoms with Gasteiger partial charge < -0.3 is 10.4 Å². The van der Waals surface area contributed by atoms with Crippen molar-refractivity contribution in [1.29, 1.82) is 0 Å². The van der Waals surface area contributed by atoms with Crippen LogP contribution >= 0.6 is 15.9 Å². The summed E-state index contributed by atoms with van der Waals surface area (Å²) in [7, 11) is -3.43. The van der Waals surface area contributed by atoms with E-state index in [1.807, 2.05) is 0 Å². The summed E-state index contributed by atoms with van der Waals surface area (Å²) in [6.07, 6.45) is 0.386. The number of carboxylic acids is 1. The quantitative estimate of drug-likeness (QED) is 0.677. The Balaban J connectivity index is 2.54. The molecule has 4 N–H and O–H groups in total. The number of halogens is 1. The summed E-state index contributed by atoms with van der Waals surface area (Å²) >= 11 is 3.15. The van der Waals surface area contributed by atoms with Crippen LogP contribution in [0.1, 0.15) is 16.8 Å². The summed E-state index contributed by atoms with van der Waals surface area (Å²) in [6.45, 7) is 0.440. The third-order valence-corrected chi connectivity index (χ3v) is 3.65. The molecule has 0 aliphatic rings. The number of carboxylic acid groups (broad SMARTS) is 1. The zero-order chi connectivity index (χ0) is 13.8. The van der Waals surface area contributed by atoms with Crippen molar-refractivity contribution in [1.82, 2.24) is 0 Å². The van der Waals surface area contributed by atoms with E-state index in [1.54, 1.807) is 12.1 Å². The molecule has 0 heterocycles. The number of rotatable bonds is 6. The molecular formula is C10H13BrN2O4S. The lowest BCUT2D eigenvalue weighted by Crippen LogP contribution is -2.18. The molecule has 0 unspecified atom stereocenters. The Hall–Kier alpha value is -1.12. The molecule has 1 rings (SSSR count). The topological polar surface area (TPSA) is 109 Å². The Morgan fingerprint density at radius 3 is 2.61 bits per heavy atom. The molecule has 18 heavy (non-hydrogen) atoms.